The van der Waals surface area contributed by atoms with Crippen LogP contribution in [0.15, 0.2) is 18.3 Å². The summed E-state index contributed by atoms with van der Waals surface area (Å²) in [7, 11) is 0. The van der Waals surface area contributed by atoms with E-state index in [4.69, 9.17) is 0 Å². The number of aromatic nitrogens is 1. The highest BCUT2D eigenvalue weighted by Crippen LogP contribution is 2.30. The molecule has 0 radical (unpaired) electrons. The lowest BCUT2D eigenvalue weighted by atomic mass is 9.77. The Hall–Kier alpha value is -1.42. The Labute approximate surface area is 108 Å². The van der Waals surface area contributed by atoms with Gasteiger partial charge >= 0.3 is 0 Å². The van der Waals surface area contributed by atoms with Gasteiger partial charge in [-0.3, -0.25) is 4.79 Å². The highest BCUT2D eigenvalue weighted by atomic mass is 16.2. The number of aryl methyl sites for hydroxylation is 1. The molecule has 1 saturated heterocycles. The van der Waals surface area contributed by atoms with E-state index in [1.807, 2.05) is 19.1 Å². The van der Waals surface area contributed by atoms with Gasteiger partial charge in [-0.1, -0.05) is 19.9 Å². The zero-order valence-electron chi connectivity index (χ0n) is 11.3. The van der Waals surface area contributed by atoms with Crippen molar-refractivity contribution in [3.63, 3.8) is 0 Å². The summed E-state index contributed by atoms with van der Waals surface area (Å²) in [5.41, 5.74) is 0.977. The molecule has 1 amide bonds. The Morgan fingerprint density at radius 2 is 2.33 bits per heavy atom. The van der Waals surface area contributed by atoms with E-state index in [1.165, 1.54) is 0 Å². The third-order valence-corrected chi connectivity index (χ3v) is 3.64. The molecule has 0 aliphatic carbocycles. The van der Waals surface area contributed by atoms with Crippen LogP contribution in [0, 0.1) is 12.3 Å². The fourth-order valence-electron chi connectivity index (χ4n) is 2.46. The van der Waals surface area contributed by atoms with Gasteiger partial charge in [-0.2, -0.15) is 0 Å². The average Bonchev–Trinajstić information content (AvgIpc) is 2.31. The van der Waals surface area contributed by atoms with Crippen LogP contribution in [0.2, 0.25) is 0 Å². The van der Waals surface area contributed by atoms with E-state index in [0.717, 1.165) is 24.9 Å². The normalized spacial score (nSPS) is 22.5. The SMILES string of the molecule is Cc1cccnc1NC(=O)C1NCCCC1(C)C. The summed E-state index contributed by atoms with van der Waals surface area (Å²) < 4.78 is 0. The van der Waals surface area contributed by atoms with Crippen LogP contribution in [0.4, 0.5) is 5.82 Å². The lowest BCUT2D eigenvalue weighted by molar-refractivity contribution is -0.121. The molecule has 4 nitrogen and oxygen atoms in total. The molecule has 1 aliphatic heterocycles. The van der Waals surface area contributed by atoms with Crippen molar-refractivity contribution >= 4 is 11.7 Å². The van der Waals surface area contributed by atoms with Gasteiger partial charge in [-0.05, 0) is 43.4 Å². The molecule has 2 rings (SSSR count). The van der Waals surface area contributed by atoms with Gasteiger partial charge in [0.15, 0.2) is 0 Å². The van der Waals surface area contributed by atoms with E-state index in [1.54, 1.807) is 6.20 Å². The molecular weight excluding hydrogens is 226 g/mol. The fraction of sp³-hybridized carbons (Fsp3) is 0.571. The van der Waals surface area contributed by atoms with Gasteiger partial charge in [0, 0.05) is 6.20 Å². The molecule has 0 spiro atoms. The number of hydrogen-bond donors (Lipinski definition) is 2. The third kappa shape index (κ3) is 2.70. The molecule has 1 aliphatic rings. The van der Waals surface area contributed by atoms with E-state index in [9.17, 15) is 4.79 Å². The quantitative estimate of drug-likeness (QED) is 0.841. The minimum Gasteiger partial charge on any atom is -0.309 e. The summed E-state index contributed by atoms with van der Waals surface area (Å²) in [4.78, 5) is 16.5. The Bertz CT molecular complexity index is 442. The molecule has 2 N–H and O–H groups in total. The lowest BCUT2D eigenvalue weighted by Crippen LogP contribution is -2.53. The largest absolute Gasteiger partial charge is 0.309 e. The lowest BCUT2D eigenvalue weighted by Gasteiger charge is -2.38. The highest BCUT2D eigenvalue weighted by molar-refractivity contribution is 5.95. The number of amides is 1. The van der Waals surface area contributed by atoms with E-state index in [0.29, 0.717) is 5.82 Å². The van der Waals surface area contributed by atoms with Crippen molar-refractivity contribution in [2.24, 2.45) is 5.41 Å². The molecule has 2 heterocycles. The maximum Gasteiger partial charge on any atom is 0.243 e. The van der Waals surface area contributed by atoms with Crippen molar-refractivity contribution < 1.29 is 4.79 Å². The van der Waals surface area contributed by atoms with Gasteiger partial charge in [-0.25, -0.2) is 4.98 Å². The molecular formula is C14H21N3O. The zero-order chi connectivity index (χ0) is 13.2. The first-order valence-electron chi connectivity index (χ1n) is 6.46. The van der Waals surface area contributed by atoms with Crippen molar-refractivity contribution in [2.45, 2.75) is 39.7 Å². The van der Waals surface area contributed by atoms with Gasteiger partial charge in [0.1, 0.15) is 5.82 Å². The van der Waals surface area contributed by atoms with Crippen LogP contribution < -0.4 is 10.6 Å². The summed E-state index contributed by atoms with van der Waals surface area (Å²) in [6, 6.07) is 3.67. The summed E-state index contributed by atoms with van der Waals surface area (Å²) in [6.07, 6.45) is 3.89. The summed E-state index contributed by atoms with van der Waals surface area (Å²) in [6.45, 7) is 7.12. The third-order valence-electron chi connectivity index (χ3n) is 3.64. The predicted molar refractivity (Wildman–Crippen MR) is 72.4 cm³/mol. The molecule has 1 aromatic heterocycles. The molecule has 1 aromatic rings. The van der Waals surface area contributed by atoms with Gasteiger partial charge in [-0.15, -0.1) is 0 Å². The highest BCUT2D eigenvalue weighted by Gasteiger charge is 2.37. The predicted octanol–water partition coefficient (Wildman–Crippen LogP) is 2.11. The molecule has 0 bridgehead atoms. The molecule has 1 atom stereocenters. The van der Waals surface area contributed by atoms with Gasteiger partial charge in [0.2, 0.25) is 5.91 Å². The summed E-state index contributed by atoms with van der Waals surface area (Å²) in [5, 5.41) is 6.23. The first kappa shape index (κ1) is 13.0. The number of carbonyl (C=O) groups is 1. The molecule has 0 aromatic carbocycles. The van der Waals surface area contributed by atoms with Crippen LogP contribution in [0.25, 0.3) is 0 Å². The summed E-state index contributed by atoms with van der Waals surface area (Å²) >= 11 is 0. The number of pyridine rings is 1. The minimum atomic E-state index is -0.146. The van der Waals surface area contributed by atoms with Gasteiger partial charge < -0.3 is 10.6 Å². The first-order valence-corrected chi connectivity index (χ1v) is 6.46. The molecule has 0 saturated carbocycles. The number of hydrogen-bond acceptors (Lipinski definition) is 3. The monoisotopic (exact) mass is 247 g/mol. The Balaban J connectivity index is 2.10. The van der Waals surface area contributed by atoms with Gasteiger partial charge in [0.05, 0.1) is 6.04 Å². The minimum absolute atomic E-state index is 0.00891. The van der Waals surface area contributed by atoms with E-state index in [2.05, 4.69) is 29.5 Å². The van der Waals surface area contributed by atoms with Crippen LogP contribution in [-0.2, 0) is 4.79 Å². The standard InChI is InChI=1S/C14H21N3O/c1-10-6-4-8-16-12(10)17-13(18)11-14(2,3)7-5-9-15-11/h4,6,8,11,15H,5,7,9H2,1-3H3,(H,16,17,18). The number of anilines is 1. The maximum atomic E-state index is 12.3. The van der Waals surface area contributed by atoms with E-state index >= 15 is 0 Å². The van der Waals surface area contributed by atoms with Crippen LogP contribution >= 0.6 is 0 Å². The number of nitrogens with one attached hydrogen (secondary N) is 2. The zero-order valence-corrected chi connectivity index (χ0v) is 11.3. The van der Waals surface area contributed by atoms with Crippen LogP contribution in [0.3, 0.4) is 0 Å². The second-order valence-corrected chi connectivity index (χ2v) is 5.64. The smallest absolute Gasteiger partial charge is 0.243 e. The van der Waals surface area contributed by atoms with Gasteiger partial charge in [0.25, 0.3) is 0 Å². The van der Waals surface area contributed by atoms with Crippen molar-refractivity contribution in [1.29, 1.82) is 0 Å². The first-order chi connectivity index (χ1) is 8.50. The van der Waals surface area contributed by atoms with Crippen molar-refractivity contribution in [1.82, 2.24) is 10.3 Å². The molecule has 98 valence electrons. The Kier molecular flexibility index (Phi) is 3.66. The number of rotatable bonds is 2. The Morgan fingerprint density at radius 3 is 3.00 bits per heavy atom. The number of piperidine rings is 1. The topological polar surface area (TPSA) is 54.0 Å². The van der Waals surface area contributed by atoms with Crippen molar-refractivity contribution in [2.75, 3.05) is 11.9 Å². The maximum absolute atomic E-state index is 12.3. The average molecular weight is 247 g/mol. The molecule has 4 heteroatoms. The summed E-state index contributed by atoms with van der Waals surface area (Å²) in [5.74, 6) is 0.673. The number of carbonyl (C=O) groups excluding carboxylic acids is 1. The molecule has 1 unspecified atom stereocenters. The molecule has 18 heavy (non-hydrogen) atoms. The van der Waals surface area contributed by atoms with Crippen LogP contribution in [-0.4, -0.2) is 23.5 Å². The van der Waals surface area contributed by atoms with E-state index < -0.39 is 0 Å². The Morgan fingerprint density at radius 1 is 1.56 bits per heavy atom. The number of nitrogens with zero attached hydrogens (tertiary/aromatic N) is 1. The second kappa shape index (κ2) is 5.06. The van der Waals surface area contributed by atoms with E-state index in [-0.39, 0.29) is 17.4 Å². The van der Waals surface area contributed by atoms with Crippen molar-refractivity contribution in [3.8, 4) is 0 Å². The van der Waals surface area contributed by atoms with Crippen LogP contribution in [0.1, 0.15) is 32.3 Å². The van der Waals surface area contributed by atoms with Crippen molar-refractivity contribution in [3.05, 3.63) is 23.9 Å². The second-order valence-electron chi connectivity index (χ2n) is 5.64. The fourth-order valence-corrected chi connectivity index (χ4v) is 2.46. The molecule has 1 fully saturated rings. The van der Waals surface area contributed by atoms with Crippen LogP contribution in [0.5, 0.6) is 0 Å².